The van der Waals surface area contributed by atoms with Crippen molar-refractivity contribution in [1.82, 2.24) is 0 Å². The van der Waals surface area contributed by atoms with Crippen molar-refractivity contribution in [2.24, 2.45) is 5.92 Å². The van der Waals surface area contributed by atoms with Crippen LogP contribution in [0.1, 0.15) is 12.0 Å². The first-order valence-corrected chi connectivity index (χ1v) is 6.25. The molecular weight excluding hydrogens is 270 g/mol. The van der Waals surface area contributed by atoms with Crippen LogP contribution in [0.3, 0.4) is 0 Å². The maximum Gasteiger partial charge on any atom is 0.0748 e. The summed E-state index contributed by atoms with van der Waals surface area (Å²) in [6.07, 6.45) is 1.10. The van der Waals surface area contributed by atoms with E-state index < -0.39 is 0 Å². The van der Waals surface area contributed by atoms with Gasteiger partial charge in [0.15, 0.2) is 0 Å². The van der Waals surface area contributed by atoms with Crippen molar-refractivity contribution < 1.29 is 9.47 Å². The average molecular weight is 286 g/mol. The Morgan fingerprint density at radius 3 is 3.06 bits per heavy atom. The van der Waals surface area contributed by atoms with Crippen molar-refractivity contribution in [2.45, 2.75) is 13.0 Å². The molecule has 3 nitrogen and oxygen atoms in total. The molecule has 1 atom stereocenters. The molecule has 0 radical (unpaired) electrons. The Kier molecular flexibility index (Phi) is 4.21. The molecule has 0 spiro atoms. The SMILES string of the molecule is Nc1cccc(Br)c1COCC1CCOC1. The number of nitrogen functional groups attached to an aromatic ring is 1. The third kappa shape index (κ3) is 2.97. The maximum atomic E-state index is 5.88. The lowest BCUT2D eigenvalue weighted by atomic mass is 10.1. The average Bonchev–Trinajstić information content (AvgIpc) is 2.75. The zero-order valence-electron chi connectivity index (χ0n) is 9.12. The molecule has 16 heavy (non-hydrogen) atoms. The van der Waals surface area contributed by atoms with E-state index in [1.54, 1.807) is 0 Å². The van der Waals surface area contributed by atoms with E-state index in [0.29, 0.717) is 12.5 Å². The summed E-state index contributed by atoms with van der Waals surface area (Å²) in [5, 5.41) is 0. The Balaban J connectivity index is 1.84. The number of nitrogens with two attached hydrogens (primary N) is 1. The molecule has 0 amide bonds. The highest BCUT2D eigenvalue weighted by molar-refractivity contribution is 9.10. The van der Waals surface area contributed by atoms with Crippen LogP contribution in [-0.2, 0) is 16.1 Å². The van der Waals surface area contributed by atoms with Gasteiger partial charge < -0.3 is 15.2 Å². The molecule has 1 aliphatic heterocycles. The first-order chi connectivity index (χ1) is 7.77. The Labute approximate surface area is 104 Å². The second-order valence-electron chi connectivity index (χ2n) is 4.05. The lowest BCUT2D eigenvalue weighted by Crippen LogP contribution is -2.10. The highest BCUT2D eigenvalue weighted by Crippen LogP contribution is 2.23. The predicted octanol–water partition coefficient (Wildman–Crippen LogP) is 2.58. The molecule has 0 aliphatic carbocycles. The molecule has 1 saturated heterocycles. The summed E-state index contributed by atoms with van der Waals surface area (Å²) >= 11 is 3.48. The number of benzene rings is 1. The van der Waals surface area contributed by atoms with Gasteiger partial charge >= 0.3 is 0 Å². The molecule has 1 unspecified atom stereocenters. The molecule has 0 aromatic heterocycles. The van der Waals surface area contributed by atoms with Gasteiger partial charge in [0, 0.05) is 28.2 Å². The first kappa shape index (κ1) is 11.9. The van der Waals surface area contributed by atoms with Crippen molar-refractivity contribution in [1.29, 1.82) is 0 Å². The van der Waals surface area contributed by atoms with Gasteiger partial charge in [0.25, 0.3) is 0 Å². The van der Waals surface area contributed by atoms with Gasteiger partial charge in [-0.3, -0.25) is 0 Å². The summed E-state index contributed by atoms with van der Waals surface area (Å²) in [6.45, 7) is 3.00. The van der Waals surface area contributed by atoms with E-state index in [-0.39, 0.29) is 0 Å². The molecule has 4 heteroatoms. The van der Waals surface area contributed by atoms with E-state index in [2.05, 4.69) is 15.9 Å². The lowest BCUT2D eigenvalue weighted by molar-refractivity contribution is 0.0791. The third-order valence-corrected chi connectivity index (χ3v) is 3.52. The summed E-state index contributed by atoms with van der Waals surface area (Å²) in [7, 11) is 0. The second kappa shape index (κ2) is 5.66. The van der Waals surface area contributed by atoms with Crippen molar-refractivity contribution >= 4 is 21.6 Å². The monoisotopic (exact) mass is 285 g/mol. The van der Waals surface area contributed by atoms with Gasteiger partial charge in [-0.05, 0) is 18.6 Å². The van der Waals surface area contributed by atoms with Gasteiger partial charge in [0.1, 0.15) is 0 Å². The van der Waals surface area contributed by atoms with Gasteiger partial charge in [-0.1, -0.05) is 22.0 Å². The van der Waals surface area contributed by atoms with Crippen LogP contribution in [0, 0.1) is 5.92 Å². The minimum absolute atomic E-state index is 0.545. The predicted molar refractivity (Wildman–Crippen MR) is 67.1 cm³/mol. The van der Waals surface area contributed by atoms with Gasteiger partial charge in [0.05, 0.1) is 19.8 Å². The van der Waals surface area contributed by atoms with E-state index in [0.717, 1.165) is 42.0 Å². The summed E-state index contributed by atoms with van der Waals surface area (Å²) in [5.41, 5.74) is 7.69. The fourth-order valence-corrected chi connectivity index (χ4v) is 2.27. The van der Waals surface area contributed by atoms with E-state index >= 15 is 0 Å². The standard InChI is InChI=1S/C12H16BrNO2/c13-11-2-1-3-12(14)10(11)8-16-7-9-4-5-15-6-9/h1-3,9H,4-8,14H2. The number of hydrogen-bond acceptors (Lipinski definition) is 3. The van der Waals surface area contributed by atoms with E-state index in [1.807, 2.05) is 18.2 Å². The number of halogens is 1. The normalized spacial score (nSPS) is 20.2. The fraction of sp³-hybridized carbons (Fsp3) is 0.500. The number of hydrogen-bond donors (Lipinski definition) is 1. The Morgan fingerprint density at radius 1 is 1.50 bits per heavy atom. The summed E-state index contributed by atoms with van der Waals surface area (Å²) in [5.74, 6) is 0.545. The molecule has 0 bridgehead atoms. The third-order valence-electron chi connectivity index (χ3n) is 2.78. The van der Waals surface area contributed by atoms with Crippen molar-refractivity contribution in [3.63, 3.8) is 0 Å². The van der Waals surface area contributed by atoms with E-state index in [9.17, 15) is 0 Å². The summed E-state index contributed by atoms with van der Waals surface area (Å²) < 4.78 is 12.0. The molecule has 0 saturated carbocycles. The van der Waals surface area contributed by atoms with Gasteiger partial charge in [-0.15, -0.1) is 0 Å². The highest BCUT2D eigenvalue weighted by Gasteiger charge is 2.15. The van der Waals surface area contributed by atoms with Gasteiger partial charge in [-0.2, -0.15) is 0 Å². The van der Waals surface area contributed by atoms with Crippen LogP contribution >= 0.6 is 15.9 Å². The first-order valence-electron chi connectivity index (χ1n) is 5.45. The zero-order valence-corrected chi connectivity index (χ0v) is 10.7. The molecule has 2 rings (SSSR count). The number of anilines is 1. The van der Waals surface area contributed by atoms with Crippen LogP contribution in [0.25, 0.3) is 0 Å². The largest absolute Gasteiger partial charge is 0.398 e. The molecule has 1 heterocycles. The Bertz CT molecular complexity index is 331. The van der Waals surface area contributed by atoms with E-state index in [4.69, 9.17) is 15.2 Å². The van der Waals surface area contributed by atoms with Crippen molar-refractivity contribution in [2.75, 3.05) is 25.6 Å². The lowest BCUT2D eigenvalue weighted by Gasteiger charge is -2.11. The molecule has 1 aliphatic rings. The van der Waals surface area contributed by atoms with Gasteiger partial charge in [0.2, 0.25) is 0 Å². The van der Waals surface area contributed by atoms with Crippen molar-refractivity contribution in [3.05, 3.63) is 28.2 Å². The Morgan fingerprint density at radius 2 is 2.38 bits per heavy atom. The molecule has 88 valence electrons. The highest BCUT2D eigenvalue weighted by atomic mass is 79.9. The zero-order chi connectivity index (χ0) is 11.4. The molecule has 1 fully saturated rings. The molecular formula is C12H16BrNO2. The van der Waals surface area contributed by atoms with Gasteiger partial charge in [-0.25, -0.2) is 0 Å². The summed E-state index contributed by atoms with van der Waals surface area (Å²) in [4.78, 5) is 0. The number of ether oxygens (including phenoxy) is 2. The fourth-order valence-electron chi connectivity index (χ4n) is 1.77. The molecule has 2 N–H and O–H groups in total. The second-order valence-corrected chi connectivity index (χ2v) is 4.91. The van der Waals surface area contributed by atoms with Crippen molar-refractivity contribution in [3.8, 4) is 0 Å². The van der Waals surface area contributed by atoms with Crippen LogP contribution in [0.15, 0.2) is 22.7 Å². The topological polar surface area (TPSA) is 44.5 Å². The molecule has 1 aromatic rings. The minimum Gasteiger partial charge on any atom is -0.398 e. The van der Waals surface area contributed by atoms with Crippen LogP contribution in [-0.4, -0.2) is 19.8 Å². The minimum atomic E-state index is 0.545. The smallest absolute Gasteiger partial charge is 0.0748 e. The number of rotatable bonds is 4. The van der Waals surface area contributed by atoms with Crippen LogP contribution in [0.4, 0.5) is 5.69 Å². The van der Waals surface area contributed by atoms with E-state index in [1.165, 1.54) is 0 Å². The van der Waals surface area contributed by atoms with Crippen LogP contribution in [0.5, 0.6) is 0 Å². The Hall–Kier alpha value is -0.580. The van der Waals surface area contributed by atoms with Crippen LogP contribution < -0.4 is 5.73 Å². The quantitative estimate of drug-likeness (QED) is 0.865. The van der Waals surface area contributed by atoms with Crippen LogP contribution in [0.2, 0.25) is 0 Å². The summed E-state index contributed by atoms with van der Waals surface area (Å²) in [6, 6.07) is 5.80. The maximum absolute atomic E-state index is 5.88. The molecule has 1 aromatic carbocycles.